The maximum Gasteiger partial charge on any atom is 0.233 e. The Morgan fingerprint density at radius 3 is 2.03 bits per heavy atom. The highest BCUT2D eigenvalue weighted by atomic mass is 16.2. The first-order valence-electron chi connectivity index (χ1n) is 10.8. The van der Waals surface area contributed by atoms with Crippen LogP contribution in [0.1, 0.15) is 34.1 Å². The monoisotopic (exact) mass is 405 g/mol. The van der Waals surface area contributed by atoms with Crippen molar-refractivity contribution in [3.05, 3.63) is 101 Å². The van der Waals surface area contributed by atoms with E-state index in [1.807, 2.05) is 24.3 Å². The fourth-order valence-electron chi connectivity index (χ4n) is 6.01. The SMILES string of the molecule is C=C1/C(=C\c2ccccc2C)C2c3cc4ccccc4cc3C1C1C(=O)N(C)C(=O)C21. The molecule has 4 aliphatic rings. The molecule has 2 bridgehead atoms. The number of carbonyl (C=O) groups excluding carboxylic acids is 2. The number of hydrogen-bond acceptors (Lipinski definition) is 2. The van der Waals surface area contributed by atoms with Crippen molar-refractivity contribution in [1.82, 2.24) is 4.90 Å². The number of hydrogen-bond donors (Lipinski definition) is 0. The van der Waals surface area contributed by atoms with Crippen LogP contribution in [-0.4, -0.2) is 23.8 Å². The van der Waals surface area contributed by atoms with Crippen LogP contribution in [0.25, 0.3) is 16.8 Å². The summed E-state index contributed by atoms with van der Waals surface area (Å²) in [5.41, 5.74) is 6.73. The molecule has 0 N–H and O–H groups in total. The largest absolute Gasteiger partial charge is 0.285 e. The summed E-state index contributed by atoms with van der Waals surface area (Å²) in [5.74, 6) is -1.14. The minimum absolute atomic E-state index is 0.0630. The highest BCUT2D eigenvalue weighted by Gasteiger charge is 2.61. The zero-order chi connectivity index (χ0) is 21.4. The first kappa shape index (κ1) is 18.3. The van der Waals surface area contributed by atoms with Crippen molar-refractivity contribution >= 4 is 28.7 Å². The Balaban J connectivity index is 1.65. The van der Waals surface area contributed by atoms with Crippen LogP contribution in [0.4, 0.5) is 0 Å². The Morgan fingerprint density at radius 2 is 1.39 bits per heavy atom. The average molecular weight is 405 g/mol. The first-order chi connectivity index (χ1) is 15.0. The maximum absolute atomic E-state index is 13.2. The van der Waals surface area contributed by atoms with Crippen LogP contribution < -0.4 is 0 Å². The molecule has 7 rings (SSSR count). The molecule has 1 saturated carbocycles. The molecule has 1 heterocycles. The Bertz CT molecular complexity index is 1350. The molecule has 3 heteroatoms. The number of rotatable bonds is 1. The van der Waals surface area contributed by atoms with Crippen molar-refractivity contribution in [2.75, 3.05) is 7.05 Å². The molecule has 2 fully saturated rings. The zero-order valence-electron chi connectivity index (χ0n) is 17.6. The predicted molar refractivity (Wildman–Crippen MR) is 122 cm³/mol. The number of imide groups is 1. The number of amides is 2. The van der Waals surface area contributed by atoms with Crippen molar-refractivity contribution < 1.29 is 9.59 Å². The Kier molecular flexibility index (Phi) is 3.71. The molecule has 0 spiro atoms. The summed E-state index contributed by atoms with van der Waals surface area (Å²) >= 11 is 0. The second-order valence-electron chi connectivity index (χ2n) is 9.05. The fraction of sp³-hybridized carbons (Fsp3) is 0.214. The van der Waals surface area contributed by atoms with Crippen LogP contribution in [-0.2, 0) is 9.59 Å². The minimum Gasteiger partial charge on any atom is -0.285 e. The van der Waals surface area contributed by atoms with E-state index < -0.39 is 0 Å². The fourth-order valence-corrected chi connectivity index (χ4v) is 6.01. The number of nitrogens with zero attached hydrogens (tertiary/aromatic N) is 1. The lowest BCUT2D eigenvalue weighted by molar-refractivity contribution is -0.138. The predicted octanol–water partition coefficient (Wildman–Crippen LogP) is 5.21. The van der Waals surface area contributed by atoms with Crippen molar-refractivity contribution in [3.8, 4) is 0 Å². The number of benzene rings is 3. The van der Waals surface area contributed by atoms with Crippen LogP contribution in [0.2, 0.25) is 0 Å². The van der Waals surface area contributed by atoms with Crippen molar-refractivity contribution in [1.29, 1.82) is 0 Å². The van der Waals surface area contributed by atoms with Crippen LogP contribution in [0, 0.1) is 18.8 Å². The van der Waals surface area contributed by atoms with Gasteiger partial charge in [-0.2, -0.15) is 0 Å². The summed E-state index contributed by atoms with van der Waals surface area (Å²) in [6.07, 6.45) is 2.19. The molecule has 4 atom stereocenters. The van der Waals surface area contributed by atoms with E-state index in [9.17, 15) is 9.59 Å². The van der Waals surface area contributed by atoms with Gasteiger partial charge in [0.15, 0.2) is 0 Å². The quantitative estimate of drug-likeness (QED) is 0.521. The molecule has 3 aromatic carbocycles. The zero-order valence-corrected chi connectivity index (χ0v) is 17.6. The normalized spacial score (nSPS) is 27.9. The van der Waals surface area contributed by atoms with Crippen LogP contribution in [0.5, 0.6) is 0 Å². The third-order valence-corrected chi connectivity index (χ3v) is 7.54. The summed E-state index contributed by atoms with van der Waals surface area (Å²) in [4.78, 5) is 27.7. The summed E-state index contributed by atoms with van der Waals surface area (Å²) in [6, 6.07) is 21.0. The standard InChI is InChI=1S/C28H23NO2/c1-15-8-4-5-9-17(15)12-20-16(2)23-21-13-18-10-6-7-11-19(18)14-22(21)24(20)26-25(23)27(30)29(3)28(26)31/h4-14,23-26H,2H2,1,3H3/b20-12+. The molecule has 3 nitrogen and oxygen atoms in total. The van der Waals surface area contributed by atoms with E-state index in [2.05, 4.69) is 56.0 Å². The molecule has 1 saturated heterocycles. The van der Waals surface area contributed by atoms with Gasteiger partial charge in [-0.15, -0.1) is 0 Å². The van der Waals surface area contributed by atoms with Gasteiger partial charge in [-0.1, -0.05) is 73.3 Å². The summed E-state index contributed by atoms with van der Waals surface area (Å²) in [7, 11) is 1.62. The Hall–Kier alpha value is -3.46. The van der Waals surface area contributed by atoms with Crippen LogP contribution >= 0.6 is 0 Å². The molecule has 1 aliphatic heterocycles. The van der Waals surface area contributed by atoms with Crippen LogP contribution in [0.3, 0.4) is 0 Å². The molecule has 4 unspecified atom stereocenters. The Labute approximate surface area is 181 Å². The summed E-state index contributed by atoms with van der Waals surface area (Å²) in [6.45, 7) is 6.57. The van der Waals surface area contributed by atoms with Crippen molar-refractivity contribution in [3.63, 3.8) is 0 Å². The lowest BCUT2D eigenvalue weighted by atomic mass is 9.53. The van der Waals surface area contributed by atoms with Crippen molar-refractivity contribution in [2.45, 2.75) is 18.8 Å². The lowest BCUT2D eigenvalue weighted by Gasteiger charge is -2.48. The first-order valence-corrected chi connectivity index (χ1v) is 10.8. The second-order valence-corrected chi connectivity index (χ2v) is 9.05. The number of likely N-dealkylation sites (tertiary alicyclic amines) is 1. The van der Waals surface area contributed by atoms with Gasteiger partial charge in [0.1, 0.15) is 0 Å². The molecule has 152 valence electrons. The minimum atomic E-state index is -0.350. The van der Waals surface area contributed by atoms with E-state index in [1.54, 1.807) is 7.05 Å². The van der Waals surface area contributed by atoms with Gasteiger partial charge in [0.05, 0.1) is 11.8 Å². The number of aryl methyl sites for hydroxylation is 1. The van der Waals surface area contributed by atoms with E-state index in [0.717, 1.165) is 33.0 Å². The Morgan fingerprint density at radius 1 is 0.839 bits per heavy atom. The van der Waals surface area contributed by atoms with Gasteiger partial charge >= 0.3 is 0 Å². The molecular formula is C28H23NO2. The lowest BCUT2D eigenvalue weighted by Crippen LogP contribution is -2.42. The summed E-state index contributed by atoms with van der Waals surface area (Å²) in [5, 5.41) is 2.32. The van der Waals surface area contributed by atoms with Crippen LogP contribution in [0.15, 0.2) is 78.4 Å². The molecule has 3 aromatic rings. The topological polar surface area (TPSA) is 37.4 Å². The van der Waals surface area contributed by atoms with E-state index in [4.69, 9.17) is 0 Å². The van der Waals surface area contributed by atoms with Gasteiger partial charge in [0, 0.05) is 18.9 Å². The van der Waals surface area contributed by atoms with Gasteiger partial charge in [-0.25, -0.2) is 0 Å². The summed E-state index contributed by atoms with van der Waals surface area (Å²) < 4.78 is 0. The highest BCUT2D eigenvalue weighted by molar-refractivity contribution is 6.08. The van der Waals surface area contributed by atoms with Crippen molar-refractivity contribution in [2.24, 2.45) is 11.8 Å². The highest BCUT2D eigenvalue weighted by Crippen LogP contribution is 2.63. The third kappa shape index (κ3) is 2.35. The smallest absolute Gasteiger partial charge is 0.233 e. The second kappa shape index (κ2) is 6.27. The third-order valence-electron chi connectivity index (χ3n) is 7.54. The van der Waals surface area contributed by atoms with Gasteiger partial charge in [-0.05, 0) is 51.1 Å². The van der Waals surface area contributed by atoms with E-state index in [1.165, 1.54) is 16.0 Å². The average Bonchev–Trinajstić information content (AvgIpc) is 3.00. The van der Waals surface area contributed by atoms with E-state index >= 15 is 0 Å². The number of carbonyl (C=O) groups is 2. The molecular weight excluding hydrogens is 382 g/mol. The van der Waals surface area contributed by atoms with Gasteiger partial charge in [-0.3, -0.25) is 14.5 Å². The van der Waals surface area contributed by atoms with Gasteiger partial charge < -0.3 is 0 Å². The van der Waals surface area contributed by atoms with Gasteiger partial charge in [0.2, 0.25) is 11.8 Å². The number of fused-ring (bicyclic) bond motifs is 2. The molecule has 31 heavy (non-hydrogen) atoms. The van der Waals surface area contributed by atoms with E-state index in [-0.39, 0.29) is 35.5 Å². The van der Waals surface area contributed by atoms with E-state index in [0.29, 0.717) is 0 Å². The molecule has 2 amide bonds. The molecule has 0 radical (unpaired) electrons. The molecule has 3 aliphatic carbocycles. The van der Waals surface area contributed by atoms with Gasteiger partial charge in [0.25, 0.3) is 0 Å². The number of allylic oxidation sites excluding steroid dienone is 2. The maximum atomic E-state index is 13.2. The molecule has 0 aromatic heterocycles.